The van der Waals surface area contributed by atoms with Crippen LogP contribution < -0.4 is 0 Å². The van der Waals surface area contributed by atoms with Crippen LogP contribution in [0.25, 0.3) is 0 Å². The number of rotatable bonds is 0. The minimum atomic E-state index is -3.18. The van der Waals surface area contributed by atoms with Gasteiger partial charge < -0.3 is 15.1 Å². The van der Waals surface area contributed by atoms with Crippen LogP contribution in [0.2, 0.25) is 0 Å². The SMILES string of the molecule is O=C(O)N1CCc2nn3c(c2C1)C(F)(F)CC(O)CC3. The van der Waals surface area contributed by atoms with Crippen molar-refractivity contribution in [3.8, 4) is 0 Å². The van der Waals surface area contributed by atoms with Crippen molar-refractivity contribution in [1.29, 1.82) is 0 Å². The lowest BCUT2D eigenvalue weighted by Crippen LogP contribution is -2.35. The predicted molar refractivity (Wildman–Crippen MR) is 63.5 cm³/mol. The molecule has 2 aliphatic heterocycles. The van der Waals surface area contributed by atoms with E-state index >= 15 is 0 Å². The van der Waals surface area contributed by atoms with Crippen LogP contribution in [0.1, 0.15) is 29.8 Å². The largest absolute Gasteiger partial charge is 0.465 e. The predicted octanol–water partition coefficient (Wildman–Crippen LogP) is 1.17. The highest BCUT2D eigenvalue weighted by atomic mass is 19.3. The molecule has 0 aromatic carbocycles. The zero-order chi connectivity index (χ0) is 14.5. The van der Waals surface area contributed by atoms with Gasteiger partial charge in [0, 0.05) is 31.5 Å². The molecule has 0 bridgehead atoms. The summed E-state index contributed by atoms with van der Waals surface area (Å²) in [5.74, 6) is -3.18. The molecule has 2 N–H and O–H groups in total. The summed E-state index contributed by atoms with van der Waals surface area (Å²) < 4.78 is 29.8. The summed E-state index contributed by atoms with van der Waals surface area (Å²) in [4.78, 5) is 12.1. The lowest BCUT2D eigenvalue weighted by molar-refractivity contribution is -0.0508. The number of aromatic nitrogens is 2. The summed E-state index contributed by atoms with van der Waals surface area (Å²) in [6, 6.07) is 0. The number of carbonyl (C=O) groups is 1. The maximum Gasteiger partial charge on any atom is 0.407 e. The van der Waals surface area contributed by atoms with Gasteiger partial charge in [-0.2, -0.15) is 13.9 Å². The Morgan fingerprint density at radius 3 is 2.85 bits per heavy atom. The lowest BCUT2D eigenvalue weighted by atomic mass is 9.99. The normalized spacial score (nSPS) is 24.8. The Labute approximate surface area is 113 Å². The molecule has 110 valence electrons. The maximum atomic E-state index is 14.3. The summed E-state index contributed by atoms with van der Waals surface area (Å²) in [6.45, 7) is 0.435. The molecule has 3 heterocycles. The fourth-order valence-electron chi connectivity index (χ4n) is 2.93. The summed E-state index contributed by atoms with van der Waals surface area (Å²) in [5.41, 5.74) is 0.626. The molecule has 20 heavy (non-hydrogen) atoms. The van der Waals surface area contributed by atoms with Crippen molar-refractivity contribution in [2.75, 3.05) is 6.54 Å². The van der Waals surface area contributed by atoms with Crippen molar-refractivity contribution in [1.82, 2.24) is 14.7 Å². The average Bonchev–Trinajstić information content (AvgIpc) is 2.68. The van der Waals surface area contributed by atoms with E-state index in [1.165, 1.54) is 4.68 Å². The van der Waals surface area contributed by atoms with E-state index in [0.717, 1.165) is 4.90 Å². The second-order valence-electron chi connectivity index (χ2n) is 5.30. The molecule has 0 saturated heterocycles. The van der Waals surface area contributed by atoms with Crippen LogP contribution in [-0.4, -0.2) is 43.6 Å². The minimum absolute atomic E-state index is 0.0638. The van der Waals surface area contributed by atoms with Gasteiger partial charge in [-0.05, 0) is 6.42 Å². The van der Waals surface area contributed by atoms with E-state index in [-0.39, 0.29) is 31.7 Å². The van der Waals surface area contributed by atoms with Crippen molar-refractivity contribution in [3.63, 3.8) is 0 Å². The summed E-state index contributed by atoms with van der Waals surface area (Å²) >= 11 is 0. The number of carboxylic acid groups (broad SMARTS) is 1. The fraction of sp³-hybridized carbons (Fsp3) is 0.667. The number of nitrogens with zero attached hydrogens (tertiary/aromatic N) is 3. The number of aliphatic hydroxyl groups excluding tert-OH is 1. The zero-order valence-corrected chi connectivity index (χ0v) is 10.7. The van der Waals surface area contributed by atoms with Gasteiger partial charge in [0.2, 0.25) is 0 Å². The lowest BCUT2D eigenvalue weighted by Gasteiger charge is -2.25. The number of amides is 1. The Balaban J connectivity index is 2.05. The second-order valence-corrected chi connectivity index (χ2v) is 5.30. The van der Waals surface area contributed by atoms with E-state index in [0.29, 0.717) is 17.7 Å². The monoisotopic (exact) mass is 287 g/mol. The molecule has 0 aliphatic carbocycles. The van der Waals surface area contributed by atoms with Crippen LogP contribution in [0.4, 0.5) is 13.6 Å². The summed E-state index contributed by atoms with van der Waals surface area (Å²) in [6.07, 6.45) is -2.25. The molecule has 6 nitrogen and oxygen atoms in total. The van der Waals surface area contributed by atoms with Crippen molar-refractivity contribution >= 4 is 6.09 Å². The molecule has 2 aliphatic rings. The Kier molecular flexibility index (Phi) is 2.93. The van der Waals surface area contributed by atoms with Gasteiger partial charge in [-0.1, -0.05) is 0 Å². The highest BCUT2D eigenvalue weighted by Gasteiger charge is 2.44. The number of aryl methyl sites for hydroxylation is 1. The molecule has 0 radical (unpaired) electrons. The standard InChI is InChI=1S/C12H15F2N3O3/c13-12(14)5-7(18)1-4-17-10(12)8-6-16(11(19)20)3-2-9(8)15-17/h7,18H,1-6H2,(H,19,20). The van der Waals surface area contributed by atoms with E-state index in [1.54, 1.807) is 0 Å². The number of aliphatic hydroxyl groups is 1. The van der Waals surface area contributed by atoms with Crippen LogP contribution in [0, 0.1) is 0 Å². The number of alkyl halides is 2. The van der Waals surface area contributed by atoms with Gasteiger partial charge in [0.15, 0.2) is 0 Å². The second kappa shape index (κ2) is 4.41. The first-order valence-corrected chi connectivity index (χ1v) is 6.51. The van der Waals surface area contributed by atoms with E-state index in [4.69, 9.17) is 5.11 Å². The number of fused-ring (bicyclic) bond motifs is 3. The quantitative estimate of drug-likeness (QED) is 0.750. The number of halogens is 2. The van der Waals surface area contributed by atoms with Crippen molar-refractivity contribution in [2.24, 2.45) is 0 Å². The van der Waals surface area contributed by atoms with Crippen molar-refractivity contribution < 1.29 is 23.8 Å². The van der Waals surface area contributed by atoms with Gasteiger partial charge >= 0.3 is 6.09 Å². The molecule has 0 spiro atoms. The molecule has 0 fully saturated rings. The third kappa shape index (κ3) is 2.04. The first-order chi connectivity index (χ1) is 9.38. The van der Waals surface area contributed by atoms with Crippen LogP contribution >= 0.6 is 0 Å². The van der Waals surface area contributed by atoms with E-state index < -0.39 is 24.5 Å². The highest BCUT2D eigenvalue weighted by Crippen LogP contribution is 2.40. The van der Waals surface area contributed by atoms with Gasteiger partial charge in [-0.3, -0.25) is 4.68 Å². The topological polar surface area (TPSA) is 78.6 Å². The zero-order valence-electron chi connectivity index (χ0n) is 10.7. The molecule has 1 aromatic rings. The van der Waals surface area contributed by atoms with Crippen LogP contribution in [-0.2, 0) is 25.4 Å². The first-order valence-electron chi connectivity index (χ1n) is 6.51. The van der Waals surface area contributed by atoms with Crippen molar-refractivity contribution in [3.05, 3.63) is 17.0 Å². The van der Waals surface area contributed by atoms with Crippen molar-refractivity contribution in [2.45, 2.75) is 44.4 Å². The molecule has 1 atom stereocenters. The average molecular weight is 287 g/mol. The minimum Gasteiger partial charge on any atom is -0.465 e. The number of hydrogen-bond acceptors (Lipinski definition) is 3. The third-order valence-electron chi connectivity index (χ3n) is 3.88. The van der Waals surface area contributed by atoms with Gasteiger partial charge in [0.25, 0.3) is 5.92 Å². The van der Waals surface area contributed by atoms with Crippen LogP contribution in [0.3, 0.4) is 0 Å². The molecule has 1 unspecified atom stereocenters. The maximum absolute atomic E-state index is 14.3. The van der Waals surface area contributed by atoms with E-state index in [9.17, 15) is 18.7 Å². The molecule has 3 rings (SSSR count). The molecular weight excluding hydrogens is 272 g/mol. The molecular formula is C12H15F2N3O3. The summed E-state index contributed by atoms with van der Waals surface area (Å²) in [5, 5.41) is 22.7. The number of hydrogen-bond donors (Lipinski definition) is 2. The Morgan fingerprint density at radius 2 is 2.15 bits per heavy atom. The van der Waals surface area contributed by atoms with Gasteiger partial charge in [-0.15, -0.1) is 0 Å². The molecule has 1 aromatic heterocycles. The molecule has 8 heteroatoms. The fourth-order valence-corrected chi connectivity index (χ4v) is 2.93. The van der Waals surface area contributed by atoms with E-state index in [1.807, 2.05) is 0 Å². The third-order valence-corrected chi connectivity index (χ3v) is 3.88. The van der Waals surface area contributed by atoms with Crippen LogP contribution in [0.15, 0.2) is 0 Å². The first kappa shape index (κ1) is 13.3. The Morgan fingerprint density at radius 1 is 1.40 bits per heavy atom. The van der Waals surface area contributed by atoms with Gasteiger partial charge in [0.1, 0.15) is 5.69 Å². The summed E-state index contributed by atoms with van der Waals surface area (Å²) in [7, 11) is 0. The molecule has 0 saturated carbocycles. The van der Waals surface area contributed by atoms with Crippen LogP contribution in [0.5, 0.6) is 0 Å². The Bertz CT molecular complexity index is 558. The molecule has 1 amide bonds. The van der Waals surface area contributed by atoms with E-state index in [2.05, 4.69) is 5.10 Å². The van der Waals surface area contributed by atoms with Gasteiger partial charge in [-0.25, -0.2) is 4.79 Å². The smallest absolute Gasteiger partial charge is 0.407 e. The Hall–Kier alpha value is -1.70. The van der Waals surface area contributed by atoms with Gasteiger partial charge in [0.05, 0.1) is 18.3 Å². The highest BCUT2D eigenvalue weighted by molar-refractivity contribution is 5.65.